The summed E-state index contributed by atoms with van der Waals surface area (Å²) in [5, 5.41) is 0. The van der Waals surface area contributed by atoms with Crippen molar-refractivity contribution in [3.05, 3.63) is 77.9 Å². The number of aromatic nitrogens is 3. The zero-order valence-corrected chi connectivity index (χ0v) is 15.5. The third-order valence-electron chi connectivity index (χ3n) is 5.12. The molecule has 0 spiro atoms. The predicted molar refractivity (Wildman–Crippen MR) is 104 cm³/mol. The van der Waals surface area contributed by atoms with E-state index in [1.54, 1.807) is 6.20 Å². The molecule has 1 saturated heterocycles. The topological polar surface area (TPSA) is 41.9 Å². The van der Waals surface area contributed by atoms with E-state index in [1.165, 1.54) is 17.7 Å². The minimum absolute atomic E-state index is 0.228. The molecule has 0 aliphatic carbocycles. The van der Waals surface area contributed by atoms with Crippen LogP contribution in [-0.4, -0.2) is 32.9 Å². The van der Waals surface area contributed by atoms with Gasteiger partial charge in [-0.2, -0.15) is 0 Å². The van der Waals surface area contributed by atoms with Gasteiger partial charge in [-0.3, -0.25) is 9.88 Å². The van der Waals surface area contributed by atoms with Crippen molar-refractivity contribution < 1.29 is 4.39 Å². The fourth-order valence-corrected chi connectivity index (χ4v) is 3.82. The number of piperidine rings is 1. The lowest BCUT2D eigenvalue weighted by molar-refractivity contribution is 0.198. The summed E-state index contributed by atoms with van der Waals surface area (Å²) in [6, 6.07) is 10.7. The van der Waals surface area contributed by atoms with E-state index in [9.17, 15) is 4.39 Å². The van der Waals surface area contributed by atoms with Crippen LogP contribution in [0.3, 0.4) is 0 Å². The molecule has 4 nitrogen and oxygen atoms in total. The summed E-state index contributed by atoms with van der Waals surface area (Å²) in [5.41, 5.74) is 4.28. The number of hydrogen-bond donors (Lipinski definition) is 0. The molecule has 1 atom stereocenters. The maximum atomic E-state index is 13.3. The molecule has 27 heavy (non-hydrogen) atoms. The van der Waals surface area contributed by atoms with Gasteiger partial charge in [0.05, 0.1) is 5.69 Å². The van der Waals surface area contributed by atoms with Gasteiger partial charge in [0, 0.05) is 43.2 Å². The average Bonchev–Trinajstić information content (AvgIpc) is 2.70. The van der Waals surface area contributed by atoms with E-state index in [4.69, 9.17) is 4.98 Å². The summed E-state index contributed by atoms with van der Waals surface area (Å²) >= 11 is 0. The van der Waals surface area contributed by atoms with E-state index < -0.39 is 0 Å². The third kappa shape index (κ3) is 4.19. The highest BCUT2D eigenvalue weighted by Crippen LogP contribution is 2.33. The normalized spacial score (nSPS) is 17.8. The van der Waals surface area contributed by atoms with Crippen molar-refractivity contribution in [2.24, 2.45) is 0 Å². The molecule has 1 fully saturated rings. The van der Waals surface area contributed by atoms with Crippen molar-refractivity contribution in [3.8, 4) is 11.1 Å². The molecule has 3 aromatic rings. The Bertz CT molecular complexity index is 896. The van der Waals surface area contributed by atoms with E-state index in [1.807, 2.05) is 37.5 Å². The van der Waals surface area contributed by atoms with Crippen molar-refractivity contribution in [3.63, 3.8) is 0 Å². The fourth-order valence-electron chi connectivity index (χ4n) is 3.82. The molecule has 4 rings (SSSR count). The Kier molecular flexibility index (Phi) is 5.21. The SMILES string of the molecule is Cc1ncc(-c2ccc(F)cc2)c(C2CCCN(Cc3cccnc3)C2)n1. The van der Waals surface area contributed by atoms with Gasteiger partial charge in [0.25, 0.3) is 0 Å². The average molecular weight is 362 g/mol. The summed E-state index contributed by atoms with van der Waals surface area (Å²) in [4.78, 5) is 15.9. The Labute approximate surface area is 159 Å². The van der Waals surface area contributed by atoms with E-state index in [0.29, 0.717) is 5.92 Å². The summed E-state index contributed by atoms with van der Waals surface area (Å²) in [7, 11) is 0. The van der Waals surface area contributed by atoms with Gasteiger partial charge in [-0.25, -0.2) is 14.4 Å². The van der Waals surface area contributed by atoms with Crippen molar-refractivity contribution in [1.29, 1.82) is 0 Å². The molecule has 1 aliphatic rings. The van der Waals surface area contributed by atoms with Gasteiger partial charge in [0.2, 0.25) is 0 Å². The van der Waals surface area contributed by atoms with Crippen LogP contribution in [0.4, 0.5) is 4.39 Å². The van der Waals surface area contributed by atoms with Gasteiger partial charge in [-0.05, 0) is 55.6 Å². The summed E-state index contributed by atoms with van der Waals surface area (Å²) in [6.07, 6.45) is 7.86. The van der Waals surface area contributed by atoms with Crippen LogP contribution in [0.2, 0.25) is 0 Å². The molecule has 0 saturated carbocycles. The minimum atomic E-state index is -0.228. The second-order valence-corrected chi connectivity index (χ2v) is 7.16. The summed E-state index contributed by atoms with van der Waals surface area (Å²) < 4.78 is 13.3. The summed E-state index contributed by atoms with van der Waals surface area (Å²) in [5.74, 6) is 0.895. The molecule has 3 heterocycles. The van der Waals surface area contributed by atoms with E-state index in [-0.39, 0.29) is 5.82 Å². The van der Waals surface area contributed by atoms with Crippen molar-refractivity contribution in [2.45, 2.75) is 32.2 Å². The van der Waals surface area contributed by atoms with E-state index in [0.717, 1.165) is 55.1 Å². The maximum Gasteiger partial charge on any atom is 0.125 e. The second kappa shape index (κ2) is 7.92. The van der Waals surface area contributed by atoms with Crippen LogP contribution >= 0.6 is 0 Å². The molecule has 0 amide bonds. The van der Waals surface area contributed by atoms with Gasteiger partial charge < -0.3 is 0 Å². The highest BCUT2D eigenvalue weighted by atomic mass is 19.1. The lowest BCUT2D eigenvalue weighted by atomic mass is 9.89. The van der Waals surface area contributed by atoms with Crippen molar-refractivity contribution in [2.75, 3.05) is 13.1 Å². The third-order valence-corrected chi connectivity index (χ3v) is 5.12. The van der Waals surface area contributed by atoms with Crippen LogP contribution in [0.15, 0.2) is 55.0 Å². The van der Waals surface area contributed by atoms with Crippen LogP contribution in [0, 0.1) is 12.7 Å². The molecule has 1 unspecified atom stereocenters. The molecule has 1 aliphatic heterocycles. The second-order valence-electron chi connectivity index (χ2n) is 7.16. The van der Waals surface area contributed by atoms with E-state index >= 15 is 0 Å². The Morgan fingerprint density at radius 3 is 2.78 bits per heavy atom. The van der Waals surface area contributed by atoms with Crippen LogP contribution < -0.4 is 0 Å². The van der Waals surface area contributed by atoms with Crippen molar-refractivity contribution in [1.82, 2.24) is 19.9 Å². The highest BCUT2D eigenvalue weighted by Gasteiger charge is 2.25. The van der Waals surface area contributed by atoms with Crippen molar-refractivity contribution >= 4 is 0 Å². The number of pyridine rings is 1. The number of benzene rings is 1. The monoisotopic (exact) mass is 362 g/mol. The first-order valence-corrected chi connectivity index (χ1v) is 9.40. The molecule has 5 heteroatoms. The number of rotatable bonds is 4. The van der Waals surface area contributed by atoms with Crippen LogP contribution in [0.5, 0.6) is 0 Å². The largest absolute Gasteiger partial charge is 0.298 e. The van der Waals surface area contributed by atoms with Gasteiger partial charge in [-0.1, -0.05) is 18.2 Å². The highest BCUT2D eigenvalue weighted by molar-refractivity contribution is 5.65. The fraction of sp³-hybridized carbons (Fsp3) is 0.318. The lowest BCUT2D eigenvalue weighted by Crippen LogP contribution is -2.34. The quantitative estimate of drug-likeness (QED) is 0.691. The van der Waals surface area contributed by atoms with Crippen LogP contribution in [-0.2, 0) is 6.54 Å². The predicted octanol–water partition coefficient (Wildman–Crippen LogP) is 4.37. The van der Waals surface area contributed by atoms with Gasteiger partial charge >= 0.3 is 0 Å². The number of aryl methyl sites for hydroxylation is 1. The Hall–Kier alpha value is -2.66. The zero-order valence-electron chi connectivity index (χ0n) is 15.5. The molecule has 0 bridgehead atoms. The molecular weight excluding hydrogens is 339 g/mol. The lowest BCUT2D eigenvalue weighted by Gasteiger charge is -2.33. The van der Waals surface area contributed by atoms with Gasteiger partial charge in [0.15, 0.2) is 0 Å². The van der Waals surface area contributed by atoms with Gasteiger partial charge in [0.1, 0.15) is 11.6 Å². The number of halogens is 1. The number of hydrogen-bond acceptors (Lipinski definition) is 4. The first-order chi connectivity index (χ1) is 13.2. The first-order valence-electron chi connectivity index (χ1n) is 9.40. The number of likely N-dealkylation sites (tertiary alicyclic amines) is 1. The number of nitrogens with zero attached hydrogens (tertiary/aromatic N) is 4. The molecule has 2 aromatic heterocycles. The van der Waals surface area contributed by atoms with Crippen LogP contribution in [0.1, 0.15) is 35.8 Å². The Morgan fingerprint density at radius 1 is 1.15 bits per heavy atom. The molecular formula is C22H23FN4. The molecule has 0 N–H and O–H groups in total. The molecule has 1 aromatic carbocycles. The Balaban J connectivity index is 1.60. The summed E-state index contributed by atoms with van der Waals surface area (Å²) in [6.45, 7) is 4.87. The van der Waals surface area contributed by atoms with Gasteiger partial charge in [-0.15, -0.1) is 0 Å². The standard InChI is InChI=1S/C22H23FN4/c1-16-25-13-21(18-6-8-20(23)9-7-18)22(26-16)19-5-3-11-27(15-19)14-17-4-2-10-24-12-17/h2,4,6-10,12-13,19H,3,5,11,14-15H2,1H3. The van der Waals surface area contributed by atoms with Crippen LogP contribution in [0.25, 0.3) is 11.1 Å². The first kappa shape index (κ1) is 17.7. The molecule has 0 radical (unpaired) electrons. The minimum Gasteiger partial charge on any atom is -0.298 e. The zero-order chi connectivity index (χ0) is 18.6. The maximum absolute atomic E-state index is 13.3. The molecule has 138 valence electrons. The van der Waals surface area contributed by atoms with E-state index in [2.05, 4.69) is 20.9 Å². The Morgan fingerprint density at radius 2 is 2.00 bits per heavy atom. The smallest absolute Gasteiger partial charge is 0.125 e.